The molecule has 0 spiro atoms. The van der Waals surface area contributed by atoms with Gasteiger partial charge in [0.25, 0.3) is 0 Å². The molecular formula is C18H32O2. The summed E-state index contributed by atoms with van der Waals surface area (Å²) < 4.78 is 0. The molecule has 0 saturated heterocycles. The van der Waals surface area contributed by atoms with E-state index in [4.69, 9.17) is 0 Å². The van der Waals surface area contributed by atoms with Gasteiger partial charge in [-0.3, -0.25) is 4.79 Å². The van der Waals surface area contributed by atoms with Crippen LogP contribution >= 0.6 is 0 Å². The van der Waals surface area contributed by atoms with Crippen molar-refractivity contribution in [2.45, 2.75) is 90.4 Å². The summed E-state index contributed by atoms with van der Waals surface area (Å²) in [6.07, 6.45) is 15.6. The first-order chi connectivity index (χ1) is 9.69. The Balaban J connectivity index is 1.90. The van der Waals surface area contributed by atoms with E-state index >= 15 is 0 Å². The topological polar surface area (TPSA) is 37.3 Å². The first-order valence-electron chi connectivity index (χ1n) is 8.92. The maximum absolute atomic E-state index is 11.9. The van der Waals surface area contributed by atoms with Gasteiger partial charge in [0.15, 0.2) is 0 Å². The van der Waals surface area contributed by atoms with E-state index < -0.39 is 5.97 Å². The summed E-state index contributed by atoms with van der Waals surface area (Å²) in [5.74, 6) is 0.777. The highest BCUT2D eigenvalue weighted by Crippen LogP contribution is 2.50. The molecule has 0 aliphatic heterocycles. The summed E-state index contributed by atoms with van der Waals surface area (Å²) >= 11 is 0. The second-order valence-corrected chi connectivity index (χ2v) is 7.24. The van der Waals surface area contributed by atoms with E-state index in [1.165, 1.54) is 44.9 Å². The third-order valence-electron chi connectivity index (χ3n) is 6.03. The lowest BCUT2D eigenvalue weighted by Gasteiger charge is -2.44. The van der Waals surface area contributed by atoms with Gasteiger partial charge in [-0.05, 0) is 50.4 Å². The molecule has 0 atom stereocenters. The van der Waals surface area contributed by atoms with Gasteiger partial charge in [0.05, 0.1) is 5.41 Å². The van der Waals surface area contributed by atoms with Crippen LogP contribution in [0.5, 0.6) is 0 Å². The first-order valence-corrected chi connectivity index (χ1v) is 8.92. The lowest BCUT2D eigenvalue weighted by atomic mass is 9.60. The van der Waals surface area contributed by atoms with Crippen LogP contribution in [0.2, 0.25) is 0 Å². The number of hydrogen-bond acceptors (Lipinski definition) is 1. The molecule has 1 N–H and O–H groups in total. The zero-order valence-electron chi connectivity index (χ0n) is 13.2. The number of unbranched alkanes of at least 4 members (excludes halogenated alkanes) is 2. The number of aliphatic carboxylic acids is 1. The first kappa shape index (κ1) is 15.9. The molecule has 0 radical (unpaired) electrons. The van der Waals surface area contributed by atoms with Crippen molar-refractivity contribution >= 4 is 5.97 Å². The lowest BCUT2D eigenvalue weighted by Crippen LogP contribution is -2.42. The minimum Gasteiger partial charge on any atom is -0.481 e. The molecule has 0 aromatic carbocycles. The van der Waals surface area contributed by atoms with Crippen molar-refractivity contribution in [1.82, 2.24) is 0 Å². The van der Waals surface area contributed by atoms with E-state index in [0.717, 1.165) is 44.4 Å². The van der Waals surface area contributed by atoms with Crippen molar-refractivity contribution in [3.05, 3.63) is 0 Å². The molecule has 2 heteroatoms. The Hall–Kier alpha value is -0.530. The molecule has 0 unspecified atom stereocenters. The van der Waals surface area contributed by atoms with Crippen LogP contribution in [0.1, 0.15) is 90.4 Å². The van der Waals surface area contributed by atoms with Crippen LogP contribution < -0.4 is 0 Å². The summed E-state index contributed by atoms with van der Waals surface area (Å²) in [7, 11) is 0. The fourth-order valence-electron chi connectivity index (χ4n) is 4.62. The molecule has 0 bridgehead atoms. The van der Waals surface area contributed by atoms with Crippen molar-refractivity contribution in [2.24, 2.45) is 17.3 Å². The average Bonchev–Trinajstić information content (AvgIpc) is 2.49. The van der Waals surface area contributed by atoms with Crippen LogP contribution in [0.4, 0.5) is 0 Å². The van der Waals surface area contributed by atoms with E-state index in [9.17, 15) is 9.90 Å². The molecule has 0 amide bonds. The molecule has 0 aromatic rings. The van der Waals surface area contributed by atoms with Crippen LogP contribution in [0.25, 0.3) is 0 Å². The second kappa shape index (κ2) is 7.47. The minimum absolute atomic E-state index is 0.359. The summed E-state index contributed by atoms with van der Waals surface area (Å²) in [5.41, 5.74) is -0.359. The van der Waals surface area contributed by atoms with E-state index in [1.54, 1.807) is 0 Å². The van der Waals surface area contributed by atoms with E-state index in [-0.39, 0.29) is 5.41 Å². The molecule has 0 aromatic heterocycles. The predicted octanol–water partition coefficient (Wildman–Crippen LogP) is 5.41. The summed E-state index contributed by atoms with van der Waals surface area (Å²) in [6.45, 7) is 2.25. The van der Waals surface area contributed by atoms with Gasteiger partial charge in [0.1, 0.15) is 0 Å². The molecule has 2 saturated carbocycles. The maximum Gasteiger partial charge on any atom is 0.309 e. The maximum atomic E-state index is 11.9. The van der Waals surface area contributed by atoms with Crippen molar-refractivity contribution in [1.29, 1.82) is 0 Å². The normalized spacial score (nSPS) is 32.1. The smallest absolute Gasteiger partial charge is 0.309 e. The van der Waals surface area contributed by atoms with Crippen LogP contribution in [0.15, 0.2) is 0 Å². The number of rotatable bonds is 6. The minimum atomic E-state index is -0.489. The van der Waals surface area contributed by atoms with Gasteiger partial charge < -0.3 is 5.11 Å². The molecule has 2 aliphatic carbocycles. The number of carboxylic acid groups (broad SMARTS) is 1. The SMILES string of the molecule is CCCCC[C@H]1CC[C@@](C(=O)O)(C2CCCCC2)CC1. The molecule has 2 rings (SSSR count). The average molecular weight is 280 g/mol. The highest BCUT2D eigenvalue weighted by atomic mass is 16.4. The predicted molar refractivity (Wildman–Crippen MR) is 82.7 cm³/mol. The molecule has 20 heavy (non-hydrogen) atoms. The lowest BCUT2D eigenvalue weighted by molar-refractivity contribution is -0.157. The van der Waals surface area contributed by atoms with Gasteiger partial charge in [-0.15, -0.1) is 0 Å². The highest BCUT2D eigenvalue weighted by Gasteiger charge is 2.47. The Morgan fingerprint density at radius 2 is 1.70 bits per heavy atom. The largest absolute Gasteiger partial charge is 0.481 e. The summed E-state index contributed by atoms with van der Waals surface area (Å²) in [4.78, 5) is 11.9. The van der Waals surface area contributed by atoms with Crippen molar-refractivity contribution in [3.63, 3.8) is 0 Å². The third kappa shape index (κ3) is 3.56. The Bertz CT molecular complexity index is 297. The van der Waals surface area contributed by atoms with E-state index in [1.807, 2.05) is 0 Å². The fraction of sp³-hybridized carbons (Fsp3) is 0.944. The Kier molecular flexibility index (Phi) is 5.92. The number of carbonyl (C=O) groups is 1. The summed E-state index contributed by atoms with van der Waals surface area (Å²) in [5, 5.41) is 9.84. The Morgan fingerprint density at radius 3 is 2.25 bits per heavy atom. The standard InChI is InChI=1S/C18H32O2/c1-2-3-5-8-15-11-13-18(14-12-15,17(19)20)16-9-6-4-7-10-16/h15-16H,2-14H2,1H3,(H,19,20)/t15-,18-. The highest BCUT2D eigenvalue weighted by molar-refractivity contribution is 5.75. The van der Waals surface area contributed by atoms with Crippen molar-refractivity contribution in [2.75, 3.05) is 0 Å². The second-order valence-electron chi connectivity index (χ2n) is 7.24. The van der Waals surface area contributed by atoms with Crippen molar-refractivity contribution < 1.29 is 9.90 Å². The van der Waals surface area contributed by atoms with Gasteiger partial charge >= 0.3 is 5.97 Å². The van der Waals surface area contributed by atoms with Gasteiger partial charge in [-0.1, -0.05) is 51.9 Å². The summed E-state index contributed by atoms with van der Waals surface area (Å²) in [6, 6.07) is 0. The van der Waals surface area contributed by atoms with Gasteiger partial charge in [-0.2, -0.15) is 0 Å². The van der Waals surface area contributed by atoms with Gasteiger partial charge in [-0.25, -0.2) is 0 Å². The third-order valence-corrected chi connectivity index (χ3v) is 6.03. The van der Waals surface area contributed by atoms with Crippen LogP contribution in [0.3, 0.4) is 0 Å². The monoisotopic (exact) mass is 280 g/mol. The number of carboxylic acids is 1. The molecule has 2 aliphatic rings. The Morgan fingerprint density at radius 1 is 1.05 bits per heavy atom. The molecule has 2 fully saturated rings. The molecule has 2 nitrogen and oxygen atoms in total. The van der Waals surface area contributed by atoms with Crippen molar-refractivity contribution in [3.8, 4) is 0 Å². The fourth-order valence-corrected chi connectivity index (χ4v) is 4.62. The molecular weight excluding hydrogens is 248 g/mol. The van der Waals surface area contributed by atoms with E-state index in [2.05, 4.69) is 6.92 Å². The van der Waals surface area contributed by atoms with E-state index in [0.29, 0.717) is 5.92 Å². The van der Waals surface area contributed by atoms with Gasteiger partial charge in [0, 0.05) is 0 Å². The molecule has 116 valence electrons. The Labute approximate surface area is 124 Å². The van der Waals surface area contributed by atoms with Gasteiger partial charge in [0.2, 0.25) is 0 Å². The zero-order valence-corrected chi connectivity index (χ0v) is 13.2. The quantitative estimate of drug-likeness (QED) is 0.661. The number of hydrogen-bond donors (Lipinski definition) is 1. The van der Waals surface area contributed by atoms with Crippen LogP contribution in [-0.2, 0) is 4.79 Å². The van der Waals surface area contributed by atoms with Crippen LogP contribution in [-0.4, -0.2) is 11.1 Å². The molecule has 0 heterocycles. The van der Waals surface area contributed by atoms with Crippen LogP contribution in [0, 0.1) is 17.3 Å². The zero-order chi connectivity index (χ0) is 14.4.